The Morgan fingerprint density at radius 1 is 1.64 bits per heavy atom. The molecule has 4 nitrogen and oxygen atoms in total. The van der Waals surface area contributed by atoms with Crippen molar-refractivity contribution in [3.8, 4) is 6.07 Å². The van der Waals surface area contributed by atoms with Crippen LogP contribution in [0.3, 0.4) is 0 Å². The predicted molar refractivity (Wildman–Crippen MR) is 50.6 cm³/mol. The molecule has 0 aromatic carbocycles. The van der Waals surface area contributed by atoms with Crippen molar-refractivity contribution in [3.63, 3.8) is 0 Å². The molecule has 1 aliphatic rings. The van der Waals surface area contributed by atoms with E-state index in [1.807, 2.05) is 13.8 Å². The summed E-state index contributed by atoms with van der Waals surface area (Å²) in [4.78, 5) is 0. The lowest BCUT2D eigenvalue weighted by atomic mass is 9.70. The van der Waals surface area contributed by atoms with Gasteiger partial charge in [0.1, 0.15) is 5.41 Å². The van der Waals surface area contributed by atoms with Crippen LogP contribution in [0.5, 0.6) is 0 Å². The summed E-state index contributed by atoms with van der Waals surface area (Å²) in [6, 6.07) is 2.20. The van der Waals surface area contributed by atoms with Crippen LogP contribution < -0.4 is 0 Å². The van der Waals surface area contributed by atoms with Crippen molar-refractivity contribution in [1.82, 2.24) is 0 Å². The van der Waals surface area contributed by atoms with E-state index in [1.54, 1.807) is 0 Å². The molecule has 0 bridgehead atoms. The fourth-order valence-corrected chi connectivity index (χ4v) is 2.03. The molecule has 2 unspecified atom stereocenters. The van der Waals surface area contributed by atoms with Crippen LogP contribution in [-0.4, -0.2) is 37.1 Å². The van der Waals surface area contributed by atoms with E-state index >= 15 is 0 Å². The quantitative estimate of drug-likeness (QED) is 0.726. The zero-order valence-corrected chi connectivity index (χ0v) is 8.91. The molecule has 1 N–H and O–H groups in total. The van der Waals surface area contributed by atoms with Gasteiger partial charge in [0.15, 0.2) is 0 Å². The maximum Gasteiger partial charge on any atom is 0.116 e. The zero-order valence-electron chi connectivity index (χ0n) is 8.91. The molecule has 14 heavy (non-hydrogen) atoms. The Labute approximate surface area is 84.4 Å². The number of methoxy groups -OCH3 is 1. The maximum absolute atomic E-state index is 9.91. The fourth-order valence-electron chi connectivity index (χ4n) is 2.03. The predicted octanol–water partition coefficient (Wildman–Crippen LogP) is 0.703. The number of nitriles is 1. The molecule has 1 aliphatic heterocycles. The average Bonchev–Trinajstić information content (AvgIpc) is 2.42. The highest BCUT2D eigenvalue weighted by Gasteiger charge is 2.55. The van der Waals surface area contributed by atoms with Gasteiger partial charge in [0.05, 0.1) is 24.4 Å². The highest BCUT2D eigenvalue weighted by Crippen LogP contribution is 2.45. The first-order chi connectivity index (χ1) is 6.50. The van der Waals surface area contributed by atoms with Gasteiger partial charge in [-0.05, 0) is 20.3 Å². The molecule has 1 fully saturated rings. The largest absolute Gasteiger partial charge is 0.389 e. The summed E-state index contributed by atoms with van der Waals surface area (Å²) in [5.41, 5.74) is -1.46. The summed E-state index contributed by atoms with van der Waals surface area (Å²) < 4.78 is 10.4. The number of rotatable bonds is 3. The van der Waals surface area contributed by atoms with Crippen LogP contribution in [0.1, 0.15) is 20.3 Å². The molecule has 1 saturated heterocycles. The van der Waals surface area contributed by atoms with E-state index in [4.69, 9.17) is 9.47 Å². The third-order valence-corrected chi connectivity index (χ3v) is 3.13. The topological polar surface area (TPSA) is 62.5 Å². The van der Waals surface area contributed by atoms with Gasteiger partial charge < -0.3 is 14.6 Å². The van der Waals surface area contributed by atoms with Gasteiger partial charge in [0.25, 0.3) is 0 Å². The number of aliphatic hydroxyl groups excluding tert-OH is 1. The third-order valence-electron chi connectivity index (χ3n) is 3.13. The first kappa shape index (κ1) is 11.4. The summed E-state index contributed by atoms with van der Waals surface area (Å²) in [7, 11) is 1.51. The summed E-state index contributed by atoms with van der Waals surface area (Å²) in [5, 5.41) is 19.1. The molecule has 0 aromatic heterocycles. The minimum atomic E-state index is -0.844. The maximum atomic E-state index is 9.91. The molecule has 4 heteroatoms. The van der Waals surface area contributed by atoms with E-state index in [0.29, 0.717) is 13.0 Å². The van der Waals surface area contributed by atoms with E-state index < -0.39 is 17.1 Å². The molecule has 0 spiro atoms. The molecule has 0 radical (unpaired) electrons. The van der Waals surface area contributed by atoms with Crippen molar-refractivity contribution in [2.75, 3.05) is 20.3 Å². The lowest BCUT2D eigenvalue weighted by Crippen LogP contribution is -2.49. The van der Waals surface area contributed by atoms with Crippen LogP contribution in [0, 0.1) is 16.7 Å². The first-order valence-corrected chi connectivity index (χ1v) is 4.72. The lowest BCUT2D eigenvalue weighted by Gasteiger charge is -2.37. The van der Waals surface area contributed by atoms with Crippen LogP contribution in [0.4, 0.5) is 0 Å². The minimum absolute atomic E-state index is 0.167. The van der Waals surface area contributed by atoms with E-state index in [9.17, 15) is 10.4 Å². The molecule has 1 heterocycles. The van der Waals surface area contributed by atoms with E-state index in [-0.39, 0.29) is 6.61 Å². The Morgan fingerprint density at radius 3 is 2.64 bits per heavy atom. The molecular formula is C10H17NO3. The van der Waals surface area contributed by atoms with Gasteiger partial charge in [0.2, 0.25) is 0 Å². The van der Waals surface area contributed by atoms with Crippen molar-refractivity contribution in [3.05, 3.63) is 0 Å². The summed E-state index contributed by atoms with van der Waals surface area (Å²) >= 11 is 0. The van der Waals surface area contributed by atoms with Crippen LogP contribution in [0.2, 0.25) is 0 Å². The second-order valence-electron chi connectivity index (χ2n) is 4.16. The highest BCUT2D eigenvalue weighted by molar-refractivity contribution is 5.15. The Balaban J connectivity index is 2.92. The van der Waals surface area contributed by atoms with Crippen LogP contribution in [0.15, 0.2) is 0 Å². The summed E-state index contributed by atoms with van der Waals surface area (Å²) in [6.07, 6.45) is -0.240. The van der Waals surface area contributed by atoms with Crippen LogP contribution in [-0.2, 0) is 9.47 Å². The standard InChI is InChI=1S/C10H17NO3/c1-9(2)10(7-11,4-5-14-9)8(12)6-13-3/h8,12H,4-6H2,1-3H3. The first-order valence-electron chi connectivity index (χ1n) is 4.72. The van der Waals surface area contributed by atoms with Crippen LogP contribution in [0.25, 0.3) is 0 Å². The van der Waals surface area contributed by atoms with E-state index in [2.05, 4.69) is 6.07 Å². The van der Waals surface area contributed by atoms with Crippen molar-refractivity contribution in [2.45, 2.75) is 32.0 Å². The van der Waals surface area contributed by atoms with Gasteiger partial charge in [-0.1, -0.05) is 0 Å². The van der Waals surface area contributed by atoms with Crippen LogP contribution >= 0.6 is 0 Å². The smallest absolute Gasteiger partial charge is 0.116 e. The van der Waals surface area contributed by atoms with Gasteiger partial charge in [-0.15, -0.1) is 0 Å². The second kappa shape index (κ2) is 3.85. The molecule has 0 aliphatic carbocycles. The second-order valence-corrected chi connectivity index (χ2v) is 4.16. The van der Waals surface area contributed by atoms with Crippen molar-refractivity contribution in [1.29, 1.82) is 5.26 Å². The third kappa shape index (κ3) is 1.52. The molecule has 0 aromatic rings. The average molecular weight is 199 g/mol. The van der Waals surface area contributed by atoms with Gasteiger partial charge in [-0.25, -0.2) is 0 Å². The molecule has 1 rings (SSSR count). The van der Waals surface area contributed by atoms with Gasteiger partial charge in [-0.2, -0.15) is 5.26 Å². The Hall–Kier alpha value is -0.630. The Kier molecular flexibility index (Phi) is 3.15. The zero-order chi connectivity index (χ0) is 10.8. The normalized spacial score (nSPS) is 32.5. The molecule has 2 atom stereocenters. The SMILES string of the molecule is COCC(O)C1(C#N)CCOC1(C)C. The number of aliphatic hydroxyl groups is 1. The molecular weight excluding hydrogens is 182 g/mol. The lowest BCUT2D eigenvalue weighted by molar-refractivity contribution is -0.0835. The number of nitrogens with zero attached hydrogens (tertiary/aromatic N) is 1. The van der Waals surface area contributed by atoms with Crippen molar-refractivity contribution in [2.24, 2.45) is 5.41 Å². The van der Waals surface area contributed by atoms with E-state index in [1.165, 1.54) is 7.11 Å². The number of ether oxygens (including phenoxy) is 2. The summed E-state index contributed by atoms with van der Waals surface area (Å²) in [5.74, 6) is 0. The Morgan fingerprint density at radius 2 is 2.29 bits per heavy atom. The highest BCUT2D eigenvalue weighted by atomic mass is 16.5. The number of hydrogen-bond acceptors (Lipinski definition) is 4. The van der Waals surface area contributed by atoms with Crippen molar-refractivity contribution < 1.29 is 14.6 Å². The monoisotopic (exact) mass is 199 g/mol. The molecule has 80 valence electrons. The van der Waals surface area contributed by atoms with Gasteiger partial charge in [-0.3, -0.25) is 0 Å². The van der Waals surface area contributed by atoms with Gasteiger partial charge in [0, 0.05) is 13.7 Å². The number of hydrogen-bond donors (Lipinski definition) is 1. The summed E-state index contributed by atoms with van der Waals surface area (Å²) in [6.45, 7) is 4.35. The Bertz CT molecular complexity index is 246. The molecule has 0 saturated carbocycles. The van der Waals surface area contributed by atoms with Crippen molar-refractivity contribution >= 4 is 0 Å². The van der Waals surface area contributed by atoms with Gasteiger partial charge >= 0.3 is 0 Å². The molecule has 0 amide bonds. The van der Waals surface area contributed by atoms with E-state index in [0.717, 1.165) is 0 Å². The fraction of sp³-hybridized carbons (Fsp3) is 0.900. The minimum Gasteiger partial charge on any atom is -0.389 e.